The number of benzene rings is 1. The maximum atomic E-state index is 12.7. The van der Waals surface area contributed by atoms with Crippen molar-refractivity contribution in [1.29, 1.82) is 5.26 Å². The Morgan fingerprint density at radius 3 is 2.61 bits per heavy atom. The molecule has 5 nitrogen and oxygen atoms in total. The van der Waals surface area contributed by atoms with Crippen molar-refractivity contribution >= 4 is 50.6 Å². The SMILES string of the molecule is CSc1c(C#N)c(N)[nH+]c2sc(C(=O)c3ccccc3)c(N)c12. The van der Waals surface area contributed by atoms with Crippen molar-refractivity contribution in [2.45, 2.75) is 4.90 Å². The molecule has 0 spiro atoms. The molecule has 2 heterocycles. The minimum absolute atomic E-state index is 0.137. The summed E-state index contributed by atoms with van der Waals surface area (Å²) in [6.45, 7) is 0. The van der Waals surface area contributed by atoms with E-state index in [2.05, 4.69) is 11.1 Å². The van der Waals surface area contributed by atoms with E-state index in [0.717, 1.165) is 0 Å². The van der Waals surface area contributed by atoms with Gasteiger partial charge in [-0.2, -0.15) is 5.26 Å². The number of hydrogen-bond acceptors (Lipinski definition) is 6. The molecule has 0 bridgehead atoms. The highest BCUT2D eigenvalue weighted by molar-refractivity contribution is 7.99. The van der Waals surface area contributed by atoms with Gasteiger partial charge in [0.25, 0.3) is 5.82 Å². The first-order chi connectivity index (χ1) is 11.1. The number of nitriles is 1. The molecule has 0 atom stereocenters. The normalized spacial score (nSPS) is 10.6. The fraction of sp³-hybridized carbons (Fsp3) is 0.0625. The van der Waals surface area contributed by atoms with Gasteiger partial charge in [-0.3, -0.25) is 10.5 Å². The van der Waals surface area contributed by atoms with E-state index >= 15 is 0 Å². The molecule has 0 aliphatic carbocycles. The fourth-order valence-electron chi connectivity index (χ4n) is 2.39. The van der Waals surface area contributed by atoms with Gasteiger partial charge in [0.1, 0.15) is 10.9 Å². The summed E-state index contributed by atoms with van der Waals surface area (Å²) < 4.78 is 0. The number of carbonyl (C=O) groups is 1. The van der Waals surface area contributed by atoms with Gasteiger partial charge < -0.3 is 5.73 Å². The summed E-state index contributed by atoms with van der Waals surface area (Å²) in [6.07, 6.45) is 1.85. The van der Waals surface area contributed by atoms with Crippen LogP contribution in [0.1, 0.15) is 20.8 Å². The van der Waals surface area contributed by atoms with Crippen LogP contribution in [0.25, 0.3) is 10.2 Å². The van der Waals surface area contributed by atoms with Crippen LogP contribution in [-0.2, 0) is 0 Å². The zero-order chi connectivity index (χ0) is 16.6. The van der Waals surface area contributed by atoms with E-state index in [9.17, 15) is 10.1 Å². The molecular weight excluding hydrogens is 328 g/mol. The number of carbonyl (C=O) groups excluding carboxylic acids is 1. The zero-order valence-electron chi connectivity index (χ0n) is 12.2. The second kappa shape index (κ2) is 5.91. The molecule has 0 aliphatic rings. The molecule has 1 aromatic carbocycles. The number of H-pyrrole nitrogens is 1. The van der Waals surface area contributed by atoms with Gasteiger partial charge in [0, 0.05) is 10.5 Å². The van der Waals surface area contributed by atoms with E-state index < -0.39 is 0 Å². The Morgan fingerprint density at radius 2 is 2.00 bits per heavy atom. The van der Waals surface area contributed by atoms with Crippen molar-refractivity contribution in [2.24, 2.45) is 0 Å². The third kappa shape index (κ3) is 2.42. The average Bonchev–Trinajstić information content (AvgIpc) is 2.90. The fourth-order valence-corrected chi connectivity index (χ4v) is 4.34. The van der Waals surface area contributed by atoms with Gasteiger partial charge in [0.05, 0.1) is 11.1 Å². The highest BCUT2D eigenvalue weighted by Crippen LogP contribution is 2.40. The smallest absolute Gasteiger partial charge is 0.290 e. The number of hydrogen-bond donors (Lipinski definition) is 2. The molecule has 114 valence electrons. The van der Waals surface area contributed by atoms with Gasteiger partial charge in [0.2, 0.25) is 5.78 Å². The van der Waals surface area contributed by atoms with E-state index in [1.165, 1.54) is 23.1 Å². The van der Waals surface area contributed by atoms with E-state index in [0.29, 0.717) is 36.8 Å². The number of nitrogens with one attached hydrogen (secondary N) is 1. The Balaban J connectivity index is 2.28. The van der Waals surface area contributed by atoms with Crippen molar-refractivity contribution < 1.29 is 9.78 Å². The number of anilines is 2. The van der Waals surface area contributed by atoms with Gasteiger partial charge >= 0.3 is 0 Å². The Hall–Kier alpha value is -2.56. The number of thioether (sulfide) groups is 1. The summed E-state index contributed by atoms with van der Waals surface area (Å²) in [4.78, 5) is 17.5. The van der Waals surface area contributed by atoms with Gasteiger partial charge in [-0.1, -0.05) is 41.7 Å². The lowest BCUT2D eigenvalue weighted by Crippen LogP contribution is -2.13. The van der Waals surface area contributed by atoms with Crippen LogP contribution in [0.3, 0.4) is 0 Å². The van der Waals surface area contributed by atoms with Crippen LogP contribution in [0.5, 0.6) is 0 Å². The van der Waals surface area contributed by atoms with Crippen LogP contribution in [0.4, 0.5) is 11.5 Å². The summed E-state index contributed by atoms with van der Waals surface area (Å²) in [5, 5.41) is 9.99. The van der Waals surface area contributed by atoms with Crippen LogP contribution in [0, 0.1) is 11.3 Å². The van der Waals surface area contributed by atoms with E-state index in [1.54, 1.807) is 12.1 Å². The number of pyridine rings is 1. The van der Waals surface area contributed by atoms with Crippen LogP contribution >= 0.6 is 23.1 Å². The number of ketones is 1. The quantitative estimate of drug-likeness (QED) is 0.562. The standard InChI is InChI=1S/C16H12N4OS2/c1-22-13-9(7-17)15(19)20-16-10(13)11(18)14(23-16)12(21)8-5-3-2-4-6-8/h2-6H,18H2,1H3,(H2,19,20)/p+1. The number of fused-ring (bicyclic) bond motifs is 1. The van der Waals surface area contributed by atoms with E-state index in [4.69, 9.17) is 11.5 Å². The molecule has 2 aromatic heterocycles. The van der Waals surface area contributed by atoms with Crippen LogP contribution < -0.4 is 16.5 Å². The first-order valence-electron chi connectivity index (χ1n) is 6.69. The zero-order valence-corrected chi connectivity index (χ0v) is 13.8. The van der Waals surface area contributed by atoms with E-state index in [-0.39, 0.29) is 11.6 Å². The Morgan fingerprint density at radius 1 is 1.30 bits per heavy atom. The predicted molar refractivity (Wildman–Crippen MR) is 93.6 cm³/mol. The van der Waals surface area contributed by atoms with Crippen molar-refractivity contribution in [3.63, 3.8) is 0 Å². The average molecular weight is 341 g/mol. The number of nitrogens with two attached hydrogens (primary N) is 2. The molecule has 0 aliphatic heterocycles. The highest BCUT2D eigenvalue weighted by atomic mass is 32.2. The topological polar surface area (TPSA) is 107 Å². The third-order valence-electron chi connectivity index (χ3n) is 3.47. The van der Waals surface area contributed by atoms with Crippen molar-refractivity contribution in [3.05, 3.63) is 46.3 Å². The molecule has 5 N–H and O–H groups in total. The highest BCUT2D eigenvalue weighted by Gasteiger charge is 2.25. The van der Waals surface area contributed by atoms with Crippen molar-refractivity contribution in [1.82, 2.24) is 0 Å². The van der Waals surface area contributed by atoms with Gasteiger partial charge in [0.15, 0.2) is 10.4 Å². The summed E-state index contributed by atoms with van der Waals surface area (Å²) in [7, 11) is 0. The number of aromatic nitrogens is 1. The second-order valence-corrected chi connectivity index (χ2v) is 6.64. The van der Waals surface area contributed by atoms with Gasteiger partial charge in [-0.15, -0.1) is 11.8 Å². The lowest BCUT2D eigenvalue weighted by Gasteiger charge is -2.03. The lowest BCUT2D eigenvalue weighted by atomic mass is 10.1. The molecular formula is C16H13N4OS2+. The van der Waals surface area contributed by atoms with Crippen molar-refractivity contribution in [3.8, 4) is 6.07 Å². The third-order valence-corrected chi connectivity index (χ3v) is 5.41. The number of nitrogens with zero attached hydrogens (tertiary/aromatic N) is 1. The summed E-state index contributed by atoms with van der Waals surface area (Å²) >= 11 is 2.65. The Bertz CT molecular complexity index is 958. The summed E-state index contributed by atoms with van der Waals surface area (Å²) in [5.41, 5.74) is 13.5. The summed E-state index contributed by atoms with van der Waals surface area (Å²) in [5.74, 6) is 0.145. The molecule has 0 unspecified atom stereocenters. The van der Waals surface area contributed by atoms with Crippen molar-refractivity contribution in [2.75, 3.05) is 17.7 Å². The maximum Gasteiger partial charge on any atom is 0.290 e. The molecule has 0 saturated heterocycles. The van der Waals surface area contributed by atoms with Crippen LogP contribution in [0.2, 0.25) is 0 Å². The predicted octanol–water partition coefficient (Wildman–Crippen LogP) is 2.70. The van der Waals surface area contributed by atoms with Gasteiger partial charge in [-0.25, -0.2) is 4.98 Å². The van der Waals surface area contributed by atoms with Gasteiger partial charge in [-0.05, 0) is 6.26 Å². The van der Waals surface area contributed by atoms with Crippen LogP contribution in [0.15, 0.2) is 35.2 Å². The Kier molecular flexibility index (Phi) is 3.94. The first-order valence-corrected chi connectivity index (χ1v) is 8.73. The number of thiophene rings is 1. The molecule has 23 heavy (non-hydrogen) atoms. The molecule has 0 fully saturated rings. The second-order valence-electron chi connectivity index (χ2n) is 4.80. The molecule has 0 radical (unpaired) electrons. The molecule has 3 aromatic rings. The molecule has 7 heteroatoms. The molecule has 0 saturated carbocycles. The number of aromatic amines is 1. The van der Waals surface area contributed by atoms with Crippen LogP contribution in [-0.4, -0.2) is 12.0 Å². The maximum absolute atomic E-state index is 12.7. The first kappa shape index (κ1) is 15.3. The molecule has 3 rings (SSSR count). The van der Waals surface area contributed by atoms with E-state index in [1.807, 2.05) is 24.5 Å². The summed E-state index contributed by atoms with van der Waals surface area (Å²) in [6, 6.07) is 11.1. The minimum Gasteiger partial charge on any atom is -0.397 e. The monoisotopic (exact) mass is 341 g/mol. The lowest BCUT2D eigenvalue weighted by molar-refractivity contribution is -0.324. The largest absolute Gasteiger partial charge is 0.397 e. The molecule has 0 amide bonds. The Labute approximate surface area is 140 Å². The number of nitrogen functional groups attached to an aromatic ring is 2. The number of rotatable bonds is 3. The minimum atomic E-state index is -0.137.